The Morgan fingerprint density at radius 3 is 2.71 bits per heavy atom. The highest BCUT2D eigenvalue weighted by atomic mass is 16.5. The highest BCUT2D eigenvalue weighted by Crippen LogP contribution is 2.27. The number of carbonyl (C=O) groups is 1. The number of nitrogens with zero attached hydrogens (tertiary/aromatic N) is 1. The average molecular weight is 324 g/mol. The number of hydrogen-bond acceptors (Lipinski definition) is 2. The van der Waals surface area contributed by atoms with E-state index in [1.165, 1.54) is 16.7 Å². The Kier molecular flexibility index (Phi) is 4.74. The van der Waals surface area contributed by atoms with Crippen molar-refractivity contribution in [2.75, 3.05) is 24.6 Å². The fraction of sp³-hybridized carbons (Fsp3) is 0.350. The maximum atomic E-state index is 12.3. The molecule has 0 saturated carbocycles. The smallest absolute Gasteiger partial charge is 0.322 e. The topological polar surface area (TPSA) is 41.6 Å². The molecule has 3 rings (SSSR count). The maximum Gasteiger partial charge on any atom is 0.322 e. The van der Waals surface area contributed by atoms with Crippen LogP contribution in [0, 0.1) is 20.8 Å². The molecule has 0 aromatic heterocycles. The summed E-state index contributed by atoms with van der Waals surface area (Å²) in [7, 11) is 0. The summed E-state index contributed by atoms with van der Waals surface area (Å²) >= 11 is 0. The van der Waals surface area contributed by atoms with Gasteiger partial charge in [0.25, 0.3) is 0 Å². The molecule has 126 valence electrons. The number of rotatable bonds is 4. The molecule has 2 amide bonds. The minimum absolute atomic E-state index is 0.0552. The van der Waals surface area contributed by atoms with Crippen LogP contribution in [-0.4, -0.2) is 25.7 Å². The van der Waals surface area contributed by atoms with Crippen LogP contribution in [0.15, 0.2) is 36.4 Å². The first-order chi connectivity index (χ1) is 11.6. The summed E-state index contributed by atoms with van der Waals surface area (Å²) in [5.41, 5.74) is 5.85. The van der Waals surface area contributed by atoms with Gasteiger partial charge in [0.1, 0.15) is 12.4 Å². The number of amides is 2. The quantitative estimate of drug-likeness (QED) is 0.870. The van der Waals surface area contributed by atoms with Gasteiger partial charge in [-0.05, 0) is 61.6 Å². The fourth-order valence-corrected chi connectivity index (χ4v) is 3.05. The van der Waals surface area contributed by atoms with Crippen LogP contribution >= 0.6 is 0 Å². The van der Waals surface area contributed by atoms with Gasteiger partial charge < -0.3 is 10.1 Å². The highest BCUT2D eigenvalue weighted by molar-refractivity contribution is 5.94. The summed E-state index contributed by atoms with van der Waals surface area (Å²) in [5.74, 6) is 0.888. The van der Waals surface area contributed by atoms with E-state index in [2.05, 4.69) is 37.4 Å². The largest absolute Gasteiger partial charge is 0.491 e. The normalized spacial score (nSPS) is 12.9. The highest BCUT2D eigenvalue weighted by Gasteiger charge is 2.23. The number of nitrogens with one attached hydrogen (secondary N) is 1. The van der Waals surface area contributed by atoms with E-state index in [4.69, 9.17) is 4.74 Å². The molecule has 0 atom stereocenters. The Morgan fingerprint density at radius 1 is 1.12 bits per heavy atom. The van der Waals surface area contributed by atoms with Crippen LogP contribution in [0.2, 0.25) is 0 Å². The third-order valence-electron chi connectivity index (χ3n) is 4.56. The fourth-order valence-electron chi connectivity index (χ4n) is 3.05. The third-order valence-corrected chi connectivity index (χ3v) is 4.56. The van der Waals surface area contributed by atoms with E-state index in [1.807, 2.05) is 25.1 Å². The first-order valence-electron chi connectivity index (χ1n) is 8.40. The van der Waals surface area contributed by atoms with Crippen molar-refractivity contribution in [2.24, 2.45) is 0 Å². The summed E-state index contributed by atoms with van der Waals surface area (Å²) in [4.78, 5) is 14.1. The van der Waals surface area contributed by atoms with Crippen LogP contribution in [-0.2, 0) is 6.42 Å². The number of anilines is 1. The van der Waals surface area contributed by atoms with Gasteiger partial charge in [0.05, 0.1) is 6.54 Å². The van der Waals surface area contributed by atoms with E-state index in [-0.39, 0.29) is 6.03 Å². The Labute approximate surface area is 143 Å². The lowest BCUT2D eigenvalue weighted by atomic mass is 10.1. The van der Waals surface area contributed by atoms with Crippen molar-refractivity contribution in [2.45, 2.75) is 27.2 Å². The van der Waals surface area contributed by atoms with Crippen LogP contribution in [0.5, 0.6) is 5.75 Å². The number of aryl methyl sites for hydroxylation is 3. The summed E-state index contributed by atoms with van der Waals surface area (Å²) in [6, 6.07) is 12.2. The second kappa shape index (κ2) is 6.95. The number of benzene rings is 2. The molecule has 2 aromatic rings. The molecule has 0 aliphatic carbocycles. The summed E-state index contributed by atoms with van der Waals surface area (Å²) < 4.78 is 5.82. The van der Waals surface area contributed by atoms with Crippen molar-refractivity contribution in [3.8, 4) is 5.75 Å². The number of carbonyl (C=O) groups excluding carboxylic acids is 1. The Morgan fingerprint density at radius 2 is 1.88 bits per heavy atom. The second-order valence-corrected chi connectivity index (χ2v) is 6.31. The predicted molar refractivity (Wildman–Crippen MR) is 97.0 cm³/mol. The van der Waals surface area contributed by atoms with Crippen molar-refractivity contribution >= 4 is 11.7 Å². The van der Waals surface area contributed by atoms with E-state index in [0.717, 1.165) is 30.0 Å². The zero-order valence-corrected chi connectivity index (χ0v) is 14.6. The molecule has 24 heavy (non-hydrogen) atoms. The lowest BCUT2D eigenvalue weighted by molar-refractivity contribution is 0.242. The molecule has 1 N–H and O–H groups in total. The first kappa shape index (κ1) is 16.4. The lowest BCUT2D eigenvalue weighted by Gasteiger charge is -2.18. The average Bonchev–Trinajstić information content (AvgIpc) is 3.00. The minimum Gasteiger partial charge on any atom is -0.491 e. The molecule has 4 heteroatoms. The standard InChI is InChI=1S/C20H24N2O2/c1-14-12-16(3)19(13-15(14)2)24-11-9-21-20(23)22-10-8-17-6-4-5-7-18(17)22/h4-7,12-13H,8-11H2,1-3H3,(H,21,23). The molecule has 0 bridgehead atoms. The van der Waals surface area contributed by atoms with Gasteiger partial charge in [0.15, 0.2) is 0 Å². The molecule has 4 nitrogen and oxygen atoms in total. The van der Waals surface area contributed by atoms with E-state index < -0.39 is 0 Å². The number of fused-ring (bicyclic) bond motifs is 1. The van der Waals surface area contributed by atoms with E-state index in [9.17, 15) is 4.79 Å². The van der Waals surface area contributed by atoms with Gasteiger partial charge in [-0.15, -0.1) is 0 Å². The van der Waals surface area contributed by atoms with Gasteiger partial charge in [-0.2, -0.15) is 0 Å². The van der Waals surface area contributed by atoms with Gasteiger partial charge in [0.2, 0.25) is 0 Å². The number of urea groups is 1. The van der Waals surface area contributed by atoms with Crippen molar-refractivity contribution in [1.82, 2.24) is 5.32 Å². The van der Waals surface area contributed by atoms with Crippen LogP contribution in [0.3, 0.4) is 0 Å². The molecular formula is C20H24N2O2. The van der Waals surface area contributed by atoms with Crippen LogP contribution < -0.4 is 15.0 Å². The Hall–Kier alpha value is -2.49. The van der Waals surface area contributed by atoms with Gasteiger partial charge in [-0.1, -0.05) is 24.3 Å². The van der Waals surface area contributed by atoms with Crippen LogP contribution in [0.25, 0.3) is 0 Å². The SMILES string of the molecule is Cc1cc(C)c(OCCNC(=O)N2CCc3ccccc32)cc1C. The second-order valence-electron chi connectivity index (χ2n) is 6.31. The minimum atomic E-state index is -0.0552. The van der Waals surface area contributed by atoms with Gasteiger partial charge in [-0.25, -0.2) is 4.79 Å². The molecule has 1 aliphatic rings. The van der Waals surface area contributed by atoms with Crippen LogP contribution in [0.1, 0.15) is 22.3 Å². The van der Waals surface area contributed by atoms with E-state index >= 15 is 0 Å². The van der Waals surface area contributed by atoms with E-state index in [0.29, 0.717) is 13.2 Å². The maximum absolute atomic E-state index is 12.3. The van der Waals surface area contributed by atoms with Gasteiger partial charge >= 0.3 is 6.03 Å². The van der Waals surface area contributed by atoms with Gasteiger partial charge in [0, 0.05) is 12.2 Å². The molecule has 0 radical (unpaired) electrons. The molecule has 1 aliphatic heterocycles. The van der Waals surface area contributed by atoms with Gasteiger partial charge in [-0.3, -0.25) is 4.90 Å². The van der Waals surface area contributed by atoms with Crippen molar-refractivity contribution in [3.63, 3.8) is 0 Å². The Balaban J connectivity index is 1.51. The van der Waals surface area contributed by atoms with Crippen molar-refractivity contribution in [1.29, 1.82) is 0 Å². The number of hydrogen-bond donors (Lipinski definition) is 1. The predicted octanol–water partition coefficient (Wildman–Crippen LogP) is 3.76. The molecule has 0 fully saturated rings. The van der Waals surface area contributed by atoms with Crippen molar-refractivity contribution in [3.05, 3.63) is 58.7 Å². The lowest BCUT2D eigenvalue weighted by Crippen LogP contribution is -2.40. The zero-order chi connectivity index (χ0) is 17.1. The number of ether oxygens (including phenoxy) is 1. The Bertz CT molecular complexity index is 755. The molecular weight excluding hydrogens is 300 g/mol. The summed E-state index contributed by atoms with van der Waals surface area (Å²) in [6.45, 7) is 7.91. The monoisotopic (exact) mass is 324 g/mol. The molecule has 0 unspecified atom stereocenters. The molecule has 1 heterocycles. The summed E-state index contributed by atoms with van der Waals surface area (Å²) in [5, 5.41) is 2.94. The van der Waals surface area contributed by atoms with Crippen LogP contribution in [0.4, 0.5) is 10.5 Å². The summed E-state index contributed by atoms with van der Waals surface area (Å²) in [6.07, 6.45) is 0.919. The zero-order valence-electron chi connectivity index (χ0n) is 14.6. The van der Waals surface area contributed by atoms with E-state index in [1.54, 1.807) is 4.90 Å². The van der Waals surface area contributed by atoms with Crippen molar-refractivity contribution < 1.29 is 9.53 Å². The molecule has 2 aromatic carbocycles. The molecule has 0 saturated heterocycles. The number of para-hydroxylation sites is 1. The molecule has 0 spiro atoms. The first-order valence-corrected chi connectivity index (χ1v) is 8.40. The third kappa shape index (κ3) is 3.37.